The van der Waals surface area contributed by atoms with Gasteiger partial charge in [0.1, 0.15) is 0 Å². The Morgan fingerprint density at radius 2 is 2.06 bits per heavy atom. The molecule has 4 nitrogen and oxygen atoms in total. The summed E-state index contributed by atoms with van der Waals surface area (Å²) in [6.45, 7) is 1.24. The fourth-order valence-electron chi connectivity index (χ4n) is 1.79. The molecule has 1 aromatic rings. The maximum atomic E-state index is 5.82. The minimum Gasteiger partial charge on any atom is -0.348 e. The highest BCUT2D eigenvalue weighted by molar-refractivity contribution is 5.85. The summed E-state index contributed by atoms with van der Waals surface area (Å²) in [4.78, 5) is 4.56. The Hall–Kier alpha value is -0.650. The van der Waals surface area contributed by atoms with Gasteiger partial charge in [-0.15, -0.1) is 12.4 Å². The molecule has 1 aliphatic rings. The minimum atomic E-state index is -0.252. The summed E-state index contributed by atoms with van der Waals surface area (Å²) in [5.74, 6) is 5.00. The second-order valence-corrected chi connectivity index (χ2v) is 3.82. The van der Waals surface area contributed by atoms with Crippen molar-refractivity contribution in [3.8, 4) is 0 Å². The van der Waals surface area contributed by atoms with E-state index in [1.54, 1.807) is 0 Å². The SMILES string of the molecule is Cl.NOCC[C@@H]1CCOC(c2ccccc2)O1. The molecule has 96 valence electrons. The summed E-state index contributed by atoms with van der Waals surface area (Å²) in [5.41, 5.74) is 1.06. The third-order valence-electron chi connectivity index (χ3n) is 2.65. The third kappa shape index (κ3) is 4.26. The van der Waals surface area contributed by atoms with Crippen LogP contribution >= 0.6 is 12.4 Å². The van der Waals surface area contributed by atoms with Gasteiger partial charge < -0.3 is 14.3 Å². The van der Waals surface area contributed by atoms with Crippen molar-refractivity contribution in [3.05, 3.63) is 35.9 Å². The number of benzene rings is 1. The maximum Gasteiger partial charge on any atom is 0.184 e. The van der Waals surface area contributed by atoms with Crippen LogP contribution in [0.25, 0.3) is 0 Å². The van der Waals surface area contributed by atoms with E-state index in [0.717, 1.165) is 25.0 Å². The van der Waals surface area contributed by atoms with Gasteiger partial charge >= 0.3 is 0 Å². The highest BCUT2D eigenvalue weighted by Gasteiger charge is 2.23. The summed E-state index contributed by atoms with van der Waals surface area (Å²) in [6.07, 6.45) is 1.62. The number of hydrogen-bond acceptors (Lipinski definition) is 4. The lowest BCUT2D eigenvalue weighted by molar-refractivity contribution is -0.220. The van der Waals surface area contributed by atoms with Crippen LogP contribution in [0.1, 0.15) is 24.7 Å². The topological polar surface area (TPSA) is 53.7 Å². The zero-order chi connectivity index (χ0) is 11.2. The molecule has 0 bridgehead atoms. The standard InChI is InChI=1S/C12H17NO3.ClH/c13-15-9-7-11-6-8-14-12(16-11)10-4-2-1-3-5-10;/h1-5,11-12H,6-9,13H2;1H/t11-,12?;/m0./s1. The van der Waals surface area contributed by atoms with Crippen LogP contribution in [0.2, 0.25) is 0 Å². The van der Waals surface area contributed by atoms with E-state index in [0.29, 0.717) is 6.61 Å². The van der Waals surface area contributed by atoms with Crippen molar-refractivity contribution >= 4 is 12.4 Å². The van der Waals surface area contributed by atoms with Crippen LogP contribution in [-0.4, -0.2) is 19.3 Å². The van der Waals surface area contributed by atoms with Crippen LogP contribution in [0, 0.1) is 0 Å². The predicted molar refractivity (Wildman–Crippen MR) is 66.6 cm³/mol. The van der Waals surface area contributed by atoms with E-state index in [1.807, 2.05) is 30.3 Å². The molecule has 1 aromatic carbocycles. The monoisotopic (exact) mass is 259 g/mol. The van der Waals surface area contributed by atoms with Gasteiger partial charge in [0, 0.05) is 5.56 Å². The molecule has 2 N–H and O–H groups in total. The third-order valence-corrected chi connectivity index (χ3v) is 2.65. The summed E-state index contributed by atoms with van der Waals surface area (Å²) in [5, 5.41) is 0. The second kappa shape index (κ2) is 7.63. The normalized spacial score (nSPS) is 24.1. The van der Waals surface area contributed by atoms with Crippen LogP contribution in [0.4, 0.5) is 0 Å². The number of hydrogen-bond donors (Lipinski definition) is 1. The average Bonchev–Trinajstić information content (AvgIpc) is 2.38. The maximum absolute atomic E-state index is 5.82. The van der Waals surface area contributed by atoms with Crippen molar-refractivity contribution in [1.29, 1.82) is 0 Å². The number of ether oxygens (including phenoxy) is 2. The van der Waals surface area contributed by atoms with Crippen molar-refractivity contribution < 1.29 is 14.3 Å². The van der Waals surface area contributed by atoms with E-state index in [1.165, 1.54) is 0 Å². The van der Waals surface area contributed by atoms with E-state index in [4.69, 9.17) is 15.4 Å². The minimum absolute atomic E-state index is 0. The van der Waals surface area contributed by atoms with Gasteiger partial charge in [0.25, 0.3) is 0 Å². The zero-order valence-electron chi connectivity index (χ0n) is 9.58. The summed E-state index contributed by atoms with van der Waals surface area (Å²) in [7, 11) is 0. The Balaban J connectivity index is 0.00000144. The molecule has 5 heteroatoms. The summed E-state index contributed by atoms with van der Waals surface area (Å²) in [6, 6.07) is 9.95. The van der Waals surface area contributed by atoms with E-state index in [9.17, 15) is 0 Å². The molecular formula is C12H18ClNO3. The van der Waals surface area contributed by atoms with Gasteiger partial charge in [-0.1, -0.05) is 30.3 Å². The van der Waals surface area contributed by atoms with Gasteiger partial charge in [-0.3, -0.25) is 0 Å². The van der Waals surface area contributed by atoms with Gasteiger partial charge in [-0.25, -0.2) is 5.90 Å². The van der Waals surface area contributed by atoms with Crippen LogP contribution in [0.15, 0.2) is 30.3 Å². The first-order valence-electron chi connectivity index (χ1n) is 5.54. The van der Waals surface area contributed by atoms with Crippen LogP contribution in [0.5, 0.6) is 0 Å². The number of rotatable bonds is 4. The molecular weight excluding hydrogens is 242 g/mol. The van der Waals surface area contributed by atoms with E-state index >= 15 is 0 Å². The molecule has 0 spiro atoms. The Morgan fingerprint density at radius 1 is 1.29 bits per heavy atom. The fraction of sp³-hybridized carbons (Fsp3) is 0.500. The molecule has 1 unspecified atom stereocenters. The molecule has 0 aliphatic carbocycles. The quantitative estimate of drug-likeness (QED) is 0.843. The molecule has 0 amide bonds. The summed E-state index contributed by atoms with van der Waals surface area (Å²) >= 11 is 0. The van der Waals surface area contributed by atoms with Crippen LogP contribution in [-0.2, 0) is 14.3 Å². The lowest BCUT2D eigenvalue weighted by Crippen LogP contribution is -2.28. The Labute approximate surface area is 107 Å². The lowest BCUT2D eigenvalue weighted by Gasteiger charge is -2.30. The number of nitrogens with two attached hydrogens (primary N) is 1. The highest BCUT2D eigenvalue weighted by atomic mass is 35.5. The average molecular weight is 260 g/mol. The van der Waals surface area contributed by atoms with Crippen LogP contribution < -0.4 is 5.90 Å². The lowest BCUT2D eigenvalue weighted by atomic mass is 10.1. The molecule has 1 aliphatic heterocycles. The molecule has 1 saturated heterocycles. The first-order valence-corrected chi connectivity index (χ1v) is 5.54. The van der Waals surface area contributed by atoms with Crippen molar-refractivity contribution in [2.45, 2.75) is 25.2 Å². The zero-order valence-corrected chi connectivity index (χ0v) is 10.4. The van der Waals surface area contributed by atoms with E-state index < -0.39 is 0 Å². The number of halogens is 1. The van der Waals surface area contributed by atoms with Crippen molar-refractivity contribution in [2.75, 3.05) is 13.2 Å². The predicted octanol–water partition coefficient (Wildman–Crippen LogP) is 2.19. The Morgan fingerprint density at radius 3 is 2.76 bits per heavy atom. The first kappa shape index (κ1) is 14.4. The van der Waals surface area contributed by atoms with E-state index in [2.05, 4.69) is 4.84 Å². The second-order valence-electron chi connectivity index (χ2n) is 3.82. The molecule has 1 fully saturated rings. The molecule has 17 heavy (non-hydrogen) atoms. The van der Waals surface area contributed by atoms with Gasteiger partial charge in [0.15, 0.2) is 6.29 Å². The van der Waals surface area contributed by atoms with Gasteiger partial charge in [0.05, 0.1) is 19.3 Å². The largest absolute Gasteiger partial charge is 0.348 e. The van der Waals surface area contributed by atoms with Crippen molar-refractivity contribution in [2.24, 2.45) is 5.90 Å². The molecule has 0 saturated carbocycles. The molecule has 2 rings (SSSR count). The molecule has 0 radical (unpaired) electrons. The first-order chi connectivity index (χ1) is 7.90. The smallest absolute Gasteiger partial charge is 0.184 e. The Bertz CT molecular complexity index is 310. The van der Waals surface area contributed by atoms with Crippen molar-refractivity contribution in [1.82, 2.24) is 0 Å². The van der Waals surface area contributed by atoms with Crippen molar-refractivity contribution in [3.63, 3.8) is 0 Å². The molecule has 0 aromatic heterocycles. The molecule has 2 atom stereocenters. The highest BCUT2D eigenvalue weighted by Crippen LogP contribution is 2.27. The van der Waals surface area contributed by atoms with Gasteiger partial charge in [-0.05, 0) is 12.8 Å². The van der Waals surface area contributed by atoms with Crippen LogP contribution in [0.3, 0.4) is 0 Å². The van der Waals surface area contributed by atoms with Gasteiger partial charge in [-0.2, -0.15) is 0 Å². The Kier molecular flexibility index (Phi) is 6.47. The molecule has 1 heterocycles. The fourth-order valence-corrected chi connectivity index (χ4v) is 1.79. The van der Waals surface area contributed by atoms with Gasteiger partial charge in [0.2, 0.25) is 0 Å². The summed E-state index contributed by atoms with van der Waals surface area (Å²) < 4.78 is 11.4. The van der Waals surface area contributed by atoms with E-state index in [-0.39, 0.29) is 24.8 Å².